The van der Waals surface area contributed by atoms with Crippen molar-refractivity contribution in [2.75, 3.05) is 6.61 Å². The van der Waals surface area contributed by atoms with Crippen molar-refractivity contribution in [3.63, 3.8) is 0 Å². The van der Waals surface area contributed by atoms with Crippen molar-refractivity contribution in [3.05, 3.63) is 50.6 Å². The summed E-state index contributed by atoms with van der Waals surface area (Å²) in [4.78, 5) is 11.9. The highest BCUT2D eigenvalue weighted by Gasteiger charge is 2.00. The fourth-order valence-corrected chi connectivity index (χ4v) is 3.06. The fraction of sp³-hybridized carbons (Fsp3) is 0.214. The summed E-state index contributed by atoms with van der Waals surface area (Å²) in [7, 11) is 0. The van der Waals surface area contributed by atoms with Crippen LogP contribution < -0.4 is 15.8 Å². The molecule has 6 heteroatoms. The molecule has 2 rings (SSSR count). The predicted octanol–water partition coefficient (Wildman–Crippen LogP) is 2.66. The van der Waals surface area contributed by atoms with E-state index in [0.29, 0.717) is 5.75 Å². The molecular formula is C14H15BrN2O2S. The van der Waals surface area contributed by atoms with Crippen LogP contribution in [0.25, 0.3) is 0 Å². The minimum Gasteiger partial charge on any atom is -0.484 e. The maximum Gasteiger partial charge on any atom is 0.255 e. The van der Waals surface area contributed by atoms with Crippen LogP contribution in [-0.2, 0) is 17.9 Å². The van der Waals surface area contributed by atoms with Gasteiger partial charge in [-0.1, -0.05) is 12.1 Å². The van der Waals surface area contributed by atoms with Crippen molar-refractivity contribution in [1.29, 1.82) is 0 Å². The Kier molecular flexibility index (Phi) is 5.58. The first kappa shape index (κ1) is 15.0. The molecule has 1 aromatic heterocycles. The molecule has 0 aliphatic carbocycles. The van der Waals surface area contributed by atoms with Gasteiger partial charge in [-0.25, -0.2) is 0 Å². The number of benzene rings is 1. The maximum atomic E-state index is 10.6. The Morgan fingerprint density at radius 3 is 2.65 bits per heavy atom. The lowest BCUT2D eigenvalue weighted by molar-refractivity contribution is -0.119. The second kappa shape index (κ2) is 7.42. The molecule has 0 saturated heterocycles. The van der Waals surface area contributed by atoms with Crippen LogP contribution in [0, 0.1) is 0 Å². The van der Waals surface area contributed by atoms with Gasteiger partial charge < -0.3 is 15.8 Å². The van der Waals surface area contributed by atoms with Crippen molar-refractivity contribution >= 4 is 33.2 Å². The van der Waals surface area contributed by atoms with E-state index in [0.717, 1.165) is 23.1 Å². The van der Waals surface area contributed by atoms with Crippen molar-refractivity contribution in [1.82, 2.24) is 5.32 Å². The van der Waals surface area contributed by atoms with Crippen LogP contribution in [0.2, 0.25) is 0 Å². The van der Waals surface area contributed by atoms with Gasteiger partial charge in [-0.05, 0) is 39.7 Å². The van der Waals surface area contributed by atoms with E-state index in [-0.39, 0.29) is 6.61 Å². The van der Waals surface area contributed by atoms with Gasteiger partial charge in [-0.2, -0.15) is 0 Å². The number of amides is 1. The molecular weight excluding hydrogens is 340 g/mol. The molecule has 0 saturated carbocycles. The molecule has 1 amide bonds. The van der Waals surface area contributed by atoms with Gasteiger partial charge >= 0.3 is 0 Å². The van der Waals surface area contributed by atoms with Crippen molar-refractivity contribution in [2.45, 2.75) is 13.1 Å². The Morgan fingerprint density at radius 1 is 1.30 bits per heavy atom. The Hall–Kier alpha value is -1.37. The Morgan fingerprint density at radius 2 is 2.05 bits per heavy atom. The number of carbonyl (C=O) groups excluding carboxylic acids is 1. The number of primary amides is 1. The maximum absolute atomic E-state index is 10.6. The zero-order valence-corrected chi connectivity index (χ0v) is 13.2. The molecule has 0 unspecified atom stereocenters. The van der Waals surface area contributed by atoms with Crippen LogP contribution in [-0.4, -0.2) is 12.5 Å². The Bertz CT molecular complexity index is 569. The zero-order chi connectivity index (χ0) is 14.4. The Labute approximate surface area is 130 Å². The standard InChI is InChI=1S/C14H15BrN2O2S/c15-11-5-13(20-9-11)7-17-6-10-1-3-12(4-2-10)19-8-14(16)18/h1-5,9,17H,6-8H2,(H2,16,18). The molecule has 0 radical (unpaired) electrons. The number of carbonyl (C=O) groups is 1. The first-order valence-electron chi connectivity index (χ1n) is 6.07. The Balaban J connectivity index is 1.77. The summed E-state index contributed by atoms with van der Waals surface area (Å²) in [6.45, 7) is 1.53. The van der Waals surface area contributed by atoms with Crippen molar-refractivity contribution in [3.8, 4) is 5.75 Å². The highest BCUT2D eigenvalue weighted by molar-refractivity contribution is 9.10. The lowest BCUT2D eigenvalue weighted by atomic mass is 10.2. The largest absolute Gasteiger partial charge is 0.484 e. The molecule has 0 bridgehead atoms. The number of rotatable bonds is 7. The van der Waals surface area contributed by atoms with Gasteiger partial charge in [0.2, 0.25) is 0 Å². The SMILES string of the molecule is NC(=O)COc1ccc(CNCc2cc(Br)cs2)cc1. The van der Waals surface area contributed by atoms with Gasteiger partial charge in [-0.3, -0.25) is 4.79 Å². The molecule has 0 fully saturated rings. The van der Waals surface area contributed by atoms with E-state index in [1.54, 1.807) is 11.3 Å². The van der Waals surface area contributed by atoms with Crippen LogP contribution in [0.1, 0.15) is 10.4 Å². The van der Waals surface area contributed by atoms with E-state index in [1.165, 1.54) is 4.88 Å². The molecule has 0 aliphatic rings. The average molecular weight is 355 g/mol. The normalized spacial score (nSPS) is 10.4. The van der Waals surface area contributed by atoms with E-state index < -0.39 is 5.91 Å². The van der Waals surface area contributed by atoms with E-state index >= 15 is 0 Å². The first-order valence-corrected chi connectivity index (χ1v) is 7.74. The second-order valence-corrected chi connectivity index (χ2v) is 6.15. The van der Waals surface area contributed by atoms with Gasteiger partial charge in [0.25, 0.3) is 5.91 Å². The van der Waals surface area contributed by atoms with Crippen molar-refractivity contribution in [2.24, 2.45) is 5.73 Å². The van der Waals surface area contributed by atoms with E-state index in [9.17, 15) is 4.79 Å². The number of nitrogens with one attached hydrogen (secondary N) is 1. The van der Waals surface area contributed by atoms with Crippen LogP contribution in [0.15, 0.2) is 40.2 Å². The highest BCUT2D eigenvalue weighted by Crippen LogP contribution is 2.19. The first-order chi connectivity index (χ1) is 9.63. The number of ether oxygens (including phenoxy) is 1. The van der Waals surface area contributed by atoms with Crippen molar-refractivity contribution < 1.29 is 9.53 Å². The number of hydrogen-bond donors (Lipinski definition) is 2. The number of hydrogen-bond acceptors (Lipinski definition) is 4. The quantitative estimate of drug-likeness (QED) is 0.803. The van der Waals surface area contributed by atoms with Crippen LogP contribution in [0.5, 0.6) is 5.75 Å². The molecule has 0 atom stereocenters. The summed E-state index contributed by atoms with van der Waals surface area (Å²) in [5.41, 5.74) is 6.18. The third kappa shape index (κ3) is 4.96. The summed E-state index contributed by atoms with van der Waals surface area (Å²) in [6, 6.07) is 9.71. The molecule has 1 heterocycles. The van der Waals surface area contributed by atoms with E-state index in [1.807, 2.05) is 24.3 Å². The fourth-order valence-electron chi connectivity index (χ4n) is 1.63. The monoisotopic (exact) mass is 354 g/mol. The lowest BCUT2D eigenvalue weighted by Gasteiger charge is -2.06. The molecule has 20 heavy (non-hydrogen) atoms. The van der Waals surface area contributed by atoms with Gasteiger partial charge in [0.15, 0.2) is 6.61 Å². The van der Waals surface area contributed by atoms with E-state index in [2.05, 4.69) is 32.7 Å². The van der Waals surface area contributed by atoms with E-state index in [4.69, 9.17) is 10.5 Å². The molecule has 4 nitrogen and oxygen atoms in total. The lowest BCUT2D eigenvalue weighted by Crippen LogP contribution is -2.20. The third-order valence-electron chi connectivity index (χ3n) is 2.55. The summed E-state index contributed by atoms with van der Waals surface area (Å²) in [5, 5.41) is 5.45. The summed E-state index contributed by atoms with van der Waals surface area (Å²) in [5.74, 6) is 0.174. The van der Waals surface area contributed by atoms with Crippen LogP contribution in [0.3, 0.4) is 0 Å². The summed E-state index contributed by atoms with van der Waals surface area (Å²) >= 11 is 5.16. The third-order valence-corrected chi connectivity index (χ3v) is 4.25. The topological polar surface area (TPSA) is 64.4 Å². The highest BCUT2D eigenvalue weighted by atomic mass is 79.9. The molecule has 3 N–H and O–H groups in total. The molecule has 1 aromatic carbocycles. The van der Waals surface area contributed by atoms with Crippen LogP contribution >= 0.6 is 27.3 Å². The number of halogens is 1. The molecule has 0 aliphatic heterocycles. The van der Waals surface area contributed by atoms with Gasteiger partial charge in [0.1, 0.15) is 5.75 Å². The molecule has 106 valence electrons. The predicted molar refractivity (Wildman–Crippen MR) is 83.7 cm³/mol. The molecule has 2 aromatic rings. The smallest absolute Gasteiger partial charge is 0.255 e. The minimum absolute atomic E-state index is 0.0924. The van der Waals surface area contributed by atoms with Gasteiger partial charge in [-0.15, -0.1) is 11.3 Å². The second-order valence-electron chi connectivity index (χ2n) is 4.23. The van der Waals surface area contributed by atoms with Gasteiger partial charge in [0, 0.05) is 27.8 Å². The zero-order valence-electron chi connectivity index (χ0n) is 10.8. The summed E-state index contributed by atoms with van der Waals surface area (Å²) < 4.78 is 6.32. The van der Waals surface area contributed by atoms with Gasteiger partial charge in [0.05, 0.1) is 0 Å². The number of thiophene rings is 1. The summed E-state index contributed by atoms with van der Waals surface area (Å²) in [6.07, 6.45) is 0. The van der Waals surface area contributed by atoms with Crippen LogP contribution in [0.4, 0.5) is 0 Å². The molecule has 0 spiro atoms. The average Bonchev–Trinajstić information content (AvgIpc) is 2.83. The number of nitrogens with two attached hydrogens (primary N) is 1. The minimum atomic E-state index is -0.474.